The van der Waals surface area contributed by atoms with Crippen molar-refractivity contribution in [2.45, 2.75) is 31.0 Å². The number of hydrogen-bond acceptors (Lipinski definition) is 9. The number of carbonyl (C=O) groups is 1. The zero-order valence-corrected chi connectivity index (χ0v) is 14.0. The number of anilines is 1. The number of aliphatic hydroxyl groups excluding tert-OH is 2. The number of ether oxygens (including phenoxy) is 1. The first-order valence-electron chi connectivity index (χ1n) is 7.94. The first kappa shape index (κ1) is 17.1. The summed E-state index contributed by atoms with van der Waals surface area (Å²) in [5.74, 6) is -0.431. The summed E-state index contributed by atoms with van der Waals surface area (Å²) < 4.78 is 7.38. The van der Waals surface area contributed by atoms with E-state index in [2.05, 4.69) is 20.3 Å². The van der Waals surface area contributed by atoms with Crippen molar-refractivity contribution >= 4 is 23.0 Å². The van der Waals surface area contributed by atoms with Gasteiger partial charge in [0.2, 0.25) is 11.9 Å². The number of imidazole rings is 1. The monoisotopic (exact) mass is 366 g/mol. The Kier molecular flexibility index (Phi) is 3.82. The summed E-state index contributed by atoms with van der Waals surface area (Å²) >= 11 is 0. The molecule has 4 heterocycles. The Morgan fingerprint density at radius 1 is 1.58 bits per heavy atom. The minimum Gasteiger partial charge on any atom is -0.393 e. The smallest absolute Gasteiger partial charge is 0.280 e. The fourth-order valence-electron chi connectivity index (χ4n) is 3.43. The maximum absolute atomic E-state index is 12.2. The fraction of sp³-hybridized carbons (Fsp3) is 0.571. The van der Waals surface area contributed by atoms with Crippen LogP contribution in [0.25, 0.3) is 11.2 Å². The summed E-state index contributed by atoms with van der Waals surface area (Å²) in [6.45, 7) is 1.04. The average molecular weight is 366 g/mol. The van der Waals surface area contributed by atoms with E-state index >= 15 is 0 Å². The molecule has 4 N–H and O–H groups in total. The van der Waals surface area contributed by atoms with Crippen LogP contribution in [0.2, 0.25) is 0 Å². The SMILES string of the molecule is CC(=O)Nc1nc2c(ncn2[C@@H]2O[C@@]3(CO)CN(C)O[C@H]2C3O)c(=O)[nH]1. The molecule has 4 rings (SSSR count). The Hall–Kier alpha value is -2.38. The van der Waals surface area contributed by atoms with E-state index in [1.807, 2.05) is 0 Å². The quantitative estimate of drug-likeness (QED) is 0.480. The summed E-state index contributed by atoms with van der Waals surface area (Å²) in [6, 6.07) is 0. The number of likely N-dealkylation sites (N-methyl/N-ethyl adjacent to an activating group) is 1. The molecule has 2 aliphatic heterocycles. The van der Waals surface area contributed by atoms with Crippen molar-refractivity contribution in [2.75, 3.05) is 25.5 Å². The number of rotatable bonds is 3. The number of hydrogen-bond donors (Lipinski definition) is 4. The molecule has 0 radical (unpaired) electrons. The number of nitrogens with zero attached hydrogens (tertiary/aromatic N) is 4. The number of amides is 1. The second kappa shape index (κ2) is 5.82. The molecule has 1 unspecified atom stereocenters. The molecule has 2 saturated heterocycles. The van der Waals surface area contributed by atoms with Gasteiger partial charge in [-0.15, -0.1) is 0 Å². The lowest BCUT2D eigenvalue weighted by Gasteiger charge is -2.38. The van der Waals surface area contributed by atoms with Crippen molar-refractivity contribution in [3.63, 3.8) is 0 Å². The summed E-state index contributed by atoms with van der Waals surface area (Å²) in [5, 5.41) is 24.2. The molecule has 0 saturated carbocycles. The number of carbonyl (C=O) groups excluding carboxylic acids is 1. The molecule has 26 heavy (non-hydrogen) atoms. The molecule has 0 aromatic carbocycles. The Labute approximate surface area is 146 Å². The maximum atomic E-state index is 12.2. The van der Waals surface area contributed by atoms with Crippen molar-refractivity contribution in [2.24, 2.45) is 0 Å². The molecule has 2 aromatic rings. The van der Waals surface area contributed by atoms with Crippen molar-refractivity contribution in [3.8, 4) is 0 Å². The molecule has 2 fully saturated rings. The molecule has 12 nitrogen and oxygen atoms in total. The lowest BCUT2D eigenvalue weighted by molar-refractivity contribution is -0.256. The highest BCUT2D eigenvalue weighted by atomic mass is 16.7. The van der Waals surface area contributed by atoms with Gasteiger partial charge in [-0.25, -0.2) is 4.98 Å². The molecular weight excluding hydrogens is 348 g/mol. The second-order valence-electron chi connectivity index (χ2n) is 6.45. The van der Waals surface area contributed by atoms with Gasteiger partial charge in [-0.3, -0.25) is 29.3 Å². The zero-order valence-electron chi connectivity index (χ0n) is 14.0. The second-order valence-corrected chi connectivity index (χ2v) is 6.45. The molecule has 2 aliphatic rings. The third-order valence-electron chi connectivity index (χ3n) is 4.55. The first-order chi connectivity index (χ1) is 12.3. The predicted octanol–water partition coefficient (Wildman–Crippen LogP) is -2.06. The van der Waals surface area contributed by atoms with Crippen LogP contribution in [0.15, 0.2) is 11.1 Å². The third kappa shape index (κ3) is 2.42. The highest BCUT2D eigenvalue weighted by Gasteiger charge is 2.60. The van der Waals surface area contributed by atoms with E-state index in [0.29, 0.717) is 0 Å². The normalized spacial score (nSPS) is 31.5. The van der Waals surface area contributed by atoms with Crippen LogP contribution in [-0.2, 0) is 14.4 Å². The van der Waals surface area contributed by atoms with Crippen LogP contribution < -0.4 is 10.9 Å². The van der Waals surface area contributed by atoms with Gasteiger partial charge in [0.25, 0.3) is 5.56 Å². The van der Waals surface area contributed by atoms with Gasteiger partial charge in [0.1, 0.15) is 11.7 Å². The minimum atomic E-state index is -1.22. The van der Waals surface area contributed by atoms with Crippen LogP contribution >= 0.6 is 0 Å². The van der Waals surface area contributed by atoms with Crippen LogP contribution in [-0.4, -0.2) is 78.7 Å². The maximum Gasteiger partial charge on any atom is 0.280 e. The topological polar surface area (TPSA) is 155 Å². The third-order valence-corrected chi connectivity index (χ3v) is 4.55. The predicted molar refractivity (Wildman–Crippen MR) is 85.9 cm³/mol. The van der Waals surface area contributed by atoms with Crippen LogP contribution in [0.5, 0.6) is 0 Å². The molecule has 2 bridgehead atoms. The van der Waals surface area contributed by atoms with Crippen molar-refractivity contribution < 1.29 is 24.6 Å². The Balaban J connectivity index is 1.81. The number of H-pyrrole nitrogens is 1. The van der Waals surface area contributed by atoms with E-state index in [-0.39, 0.29) is 23.7 Å². The van der Waals surface area contributed by atoms with Crippen molar-refractivity contribution in [1.82, 2.24) is 24.6 Å². The Morgan fingerprint density at radius 3 is 3.04 bits per heavy atom. The molecule has 4 atom stereocenters. The number of fused-ring (bicyclic) bond motifs is 3. The number of hydroxylamine groups is 2. The standard InChI is InChI=1S/C14H18N6O6/c1-6(22)16-13-17-10-7(11(24)18-13)15-5-20(10)12-8-9(23)14(4-21,25-12)3-19(2)26-8/h5,8-9,12,21,23H,3-4H2,1-2H3,(H2,16,17,18,22,24)/t8-,9?,12+,14+/m0/s1. The molecule has 1 amide bonds. The molecule has 0 spiro atoms. The minimum absolute atomic E-state index is 0.0341. The summed E-state index contributed by atoms with van der Waals surface area (Å²) in [7, 11) is 1.67. The highest BCUT2D eigenvalue weighted by Crippen LogP contribution is 2.43. The van der Waals surface area contributed by atoms with Gasteiger partial charge in [-0.2, -0.15) is 10.0 Å². The fourth-order valence-corrected chi connectivity index (χ4v) is 3.43. The lowest BCUT2D eigenvalue weighted by atomic mass is 9.94. The van der Waals surface area contributed by atoms with E-state index in [9.17, 15) is 19.8 Å². The van der Waals surface area contributed by atoms with E-state index < -0.39 is 42.1 Å². The zero-order chi connectivity index (χ0) is 18.6. The largest absolute Gasteiger partial charge is 0.393 e. The van der Waals surface area contributed by atoms with Gasteiger partial charge in [0.15, 0.2) is 23.5 Å². The van der Waals surface area contributed by atoms with Gasteiger partial charge in [-0.05, 0) is 0 Å². The van der Waals surface area contributed by atoms with Gasteiger partial charge in [0.05, 0.1) is 19.5 Å². The molecule has 12 heteroatoms. The Bertz CT molecular complexity index is 926. The number of aliphatic hydroxyl groups is 2. The summed E-state index contributed by atoms with van der Waals surface area (Å²) in [4.78, 5) is 39.7. The molecular formula is C14H18N6O6. The summed E-state index contributed by atoms with van der Waals surface area (Å²) in [6.07, 6.45) is -1.44. The molecule has 0 aliphatic carbocycles. The number of aromatic amines is 1. The number of aromatic nitrogens is 4. The molecule has 140 valence electrons. The number of nitrogens with one attached hydrogen (secondary N) is 2. The average Bonchev–Trinajstić information content (AvgIpc) is 3.04. The van der Waals surface area contributed by atoms with Crippen molar-refractivity contribution in [1.29, 1.82) is 0 Å². The van der Waals surface area contributed by atoms with Crippen LogP contribution in [0.4, 0.5) is 5.95 Å². The first-order valence-corrected chi connectivity index (χ1v) is 7.94. The van der Waals surface area contributed by atoms with E-state index in [1.54, 1.807) is 7.05 Å². The van der Waals surface area contributed by atoms with Crippen LogP contribution in [0, 0.1) is 0 Å². The van der Waals surface area contributed by atoms with Gasteiger partial charge in [-0.1, -0.05) is 0 Å². The van der Waals surface area contributed by atoms with E-state index in [0.717, 1.165) is 0 Å². The van der Waals surface area contributed by atoms with Gasteiger partial charge >= 0.3 is 0 Å². The highest BCUT2D eigenvalue weighted by molar-refractivity contribution is 5.87. The van der Waals surface area contributed by atoms with E-state index in [1.165, 1.54) is 22.9 Å². The summed E-state index contributed by atoms with van der Waals surface area (Å²) in [5.41, 5.74) is -1.55. The van der Waals surface area contributed by atoms with Crippen molar-refractivity contribution in [3.05, 3.63) is 16.7 Å². The Morgan fingerprint density at radius 2 is 2.35 bits per heavy atom. The van der Waals surface area contributed by atoms with Gasteiger partial charge in [0, 0.05) is 14.0 Å². The molecule has 2 aromatic heterocycles. The van der Waals surface area contributed by atoms with E-state index in [4.69, 9.17) is 9.57 Å². The lowest BCUT2D eigenvalue weighted by Crippen LogP contribution is -2.58. The van der Waals surface area contributed by atoms with Gasteiger partial charge < -0.3 is 14.9 Å². The van der Waals surface area contributed by atoms with Crippen LogP contribution in [0.3, 0.4) is 0 Å². The van der Waals surface area contributed by atoms with Crippen LogP contribution in [0.1, 0.15) is 13.2 Å².